The van der Waals surface area contributed by atoms with Crippen LogP contribution in [-0.4, -0.2) is 18.0 Å². The van der Waals surface area contributed by atoms with Gasteiger partial charge in [-0.05, 0) is 35.2 Å². The molecule has 0 aliphatic rings. The smallest absolute Gasteiger partial charge is 0.204 e. The molecule has 0 spiro atoms. The highest BCUT2D eigenvalue weighted by Crippen LogP contribution is 2.27. The van der Waals surface area contributed by atoms with E-state index in [1.54, 1.807) is 29.0 Å². The minimum atomic E-state index is -0.319. The van der Waals surface area contributed by atoms with Gasteiger partial charge in [-0.25, -0.2) is 0 Å². The molecule has 1 N–H and O–H groups in total. The van der Waals surface area contributed by atoms with Crippen molar-refractivity contribution in [3.63, 3.8) is 0 Å². The van der Waals surface area contributed by atoms with E-state index in [0.717, 1.165) is 0 Å². The summed E-state index contributed by atoms with van der Waals surface area (Å²) in [6.07, 6.45) is 1.47. The molecule has 1 heterocycles. The average Bonchev–Trinajstić information content (AvgIpc) is 2.99. The molecule has 1 aromatic carbocycles. The first kappa shape index (κ1) is 13.8. The molecule has 0 fully saturated rings. The maximum atomic E-state index is 12.1. The molecule has 0 radical (unpaired) electrons. The number of nitriles is 1. The number of carbonyl (C=O) groups excluding carboxylic acids is 1. The Labute approximate surface area is 120 Å². The molecule has 0 atom stereocenters. The van der Waals surface area contributed by atoms with Gasteiger partial charge in [-0.1, -0.05) is 6.07 Å². The molecule has 0 aliphatic heterocycles. The van der Waals surface area contributed by atoms with Crippen molar-refractivity contribution in [2.75, 3.05) is 7.11 Å². The second-order valence-electron chi connectivity index (χ2n) is 3.94. The van der Waals surface area contributed by atoms with Crippen molar-refractivity contribution in [1.29, 1.82) is 5.26 Å². The van der Waals surface area contributed by atoms with Crippen LogP contribution in [0.3, 0.4) is 0 Å². The Morgan fingerprint density at radius 1 is 1.45 bits per heavy atom. The Balaban J connectivity index is 2.37. The van der Waals surface area contributed by atoms with Gasteiger partial charge in [-0.3, -0.25) is 4.79 Å². The predicted molar refractivity (Wildman–Crippen MR) is 76.9 cm³/mol. The fourth-order valence-corrected chi connectivity index (χ4v) is 2.28. The number of ether oxygens (including phenoxy) is 1. The Kier molecular flexibility index (Phi) is 4.18. The predicted octanol–water partition coefficient (Wildman–Crippen LogP) is 3.25. The summed E-state index contributed by atoms with van der Waals surface area (Å²) in [5.74, 6) is -0.0212. The van der Waals surface area contributed by atoms with Crippen molar-refractivity contribution < 1.29 is 14.6 Å². The standard InChI is InChI=1S/C15H11NO3S/c1-19-14-7-10(2-3-13(14)17)6-12(8-16)15(18)11-4-5-20-9-11/h2-7,9,17H,1H3/b12-6+. The van der Waals surface area contributed by atoms with E-state index in [2.05, 4.69) is 0 Å². The summed E-state index contributed by atoms with van der Waals surface area (Å²) >= 11 is 1.40. The third kappa shape index (κ3) is 2.87. The van der Waals surface area contributed by atoms with E-state index in [4.69, 9.17) is 10.00 Å². The lowest BCUT2D eigenvalue weighted by atomic mass is 10.0. The van der Waals surface area contributed by atoms with E-state index in [0.29, 0.717) is 16.9 Å². The molecule has 1 aromatic heterocycles. The van der Waals surface area contributed by atoms with Crippen LogP contribution in [0.25, 0.3) is 6.08 Å². The Morgan fingerprint density at radius 2 is 2.25 bits per heavy atom. The lowest BCUT2D eigenvalue weighted by Crippen LogP contribution is -1.99. The number of methoxy groups -OCH3 is 1. The first-order chi connectivity index (χ1) is 9.65. The SMILES string of the molecule is COc1cc(/C=C(\C#N)C(=O)c2ccsc2)ccc1O. The van der Waals surface area contributed by atoms with Gasteiger partial charge in [0.1, 0.15) is 11.6 Å². The number of hydrogen-bond donors (Lipinski definition) is 1. The molecule has 0 bridgehead atoms. The summed E-state index contributed by atoms with van der Waals surface area (Å²) in [6.45, 7) is 0. The van der Waals surface area contributed by atoms with Crippen LogP contribution in [0, 0.1) is 11.3 Å². The van der Waals surface area contributed by atoms with E-state index in [1.165, 1.54) is 30.6 Å². The van der Waals surface area contributed by atoms with Gasteiger partial charge in [0.15, 0.2) is 11.5 Å². The lowest BCUT2D eigenvalue weighted by Gasteiger charge is -2.04. The molecule has 5 heteroatoms. The van der Waals surface area contributed by atoms with E-state index in [-0.39, 0.29) is 17.1 Å². The molecule has 0 saturated carbocycles. The first-order valence-corrected chi connectivity index (χ1v) is 6.65. The van der Waals surface area contributed by atoms with Crippen molar-refractivity contribution in [3.05, 3.63) is 51.7 Å². The number of thiophene rings is 1. The molecule has 2 aromatic rings. The van der Waals surface area contributed by atoms with E-state index in [1.807, 2.05) is 6.07 Å². The van der Waals surface area contributed by atoms with Gasteiger partial charge < -0.3 is 9.84 Å². The van der Waals surface area contributed by atoms with Crippen molar-refractivity contribution >= 4 is 23.2 Å². The highest BCUT2D eigenvalue weighted by molar-refractivity contribution is 7.08. The molecular weight excluding hydrogens is 274 g/mol. The number of ketones is 1. The summed E-state index contributed by atoms with van der Waals surface area (Å²) in [5, 5.41) is 22.1. The number of phenolic OH excluding ortho intramolecular Hbond substituents is 1. The number of carbonyl (C=O) groups is 1. The molecule has 100 valence electrons. The van der Waals surface area contributed by atoms with E-state index in [9.17, 15) is 9.90 Å². The van der Waals surface area contributed by atoms with E-state index >= 15 is 0 Å². The van der Waals surface area contributed by atoms with Crippen LogP contribution in [0.5, 0.6) is 11.5 Å². The molecule has 0 unspecified atom stereocenters. The molecule has 0 amide bonds. The number of phenols is 1. The fourth-order valence-electron chi connectivity index (χ4n) is 1.65. The van der Waals surface area contributed by atoms with Crippen molar-refractivity contribution in [1.82, 2.24) is 0 Å². The number of benzene rings is 1. The second kappa shape index (κ2) is 6.04. The Morgan fingerprint density at radius 3 is 2.85 bits per heavy atom. The van der Waals surface area contributed by atoms with E-state index < -0.39 is 0 Å². The number of hydrogen-bond acceptors (Lipinski definition) is 5. The van der Waals surface area contributed by atoms with Crippen LogP contribution in [0.1, 0.15) is 15.9 Å². The van der Waals surface area contributed by atoms with Gasteiger partial charge in [-0.2, -0.15) is 16.6 Å². The van der Waals surface area contributed by atoms with Gasteiger partial charge in [0.2, 0.25) is 5.78 Å². The minimum absolute atomic E-state index is 0.00678. The van der Waals surface area contributed by atoms with Crippen molar-refractivity contribution in [2.24, 2.45) is 0 Å². The number of Topliss-reactive ketones (excluding diaryl/α,β-unsaturated/α-hetero) is 1. The average molecular weight is 285 g/mol. The topological polar surface area (TPSA) is 70.3 Å². The minimum Gasteiger partial charge on any atom is -0.504 e. The van der Waals surface area contributed by atoms with Gasteiger partial charge in [0.05, 0.1) is 7.11 Å². The number of rotatable bonds is 4. The monoisotopic (exact) mass is 285 g/mol. The molecule has 2 rings (SSSR count). The van der Waals surface area contributed by atoms with Gasteiger partial charge in [0, 0.05) is 10.9 Å². The molecule has 4 nitrogen and oxygen atoms in total. The molecular formula is C15H11NO3S. The molecule has 20 heavy (non-hydrogen) atoms. The normalized spacial score (nSPS) is 10.9. The number of allylic oxidation sites excluding steroid dienone is 1. The van der Waals surface area contributed by atoms with Crippen LogP contribution < -0.4 is 4.74 Å². The zero-order valence-electron chi connectivity index (χ0n) is 10.7. The Bertz CT molecular complexity index is 696. The third-order valence-electron chi connectivity index (χ3n) is 2.66. The van der Waals surface area contributed by atoms with Crippen LogP contribution in [-0.2, 0) is 0 Å². The highest BCUT2D eigenvalue weighted by atomic mass is 32.1. The highest BCUT2D eigenvalue weighted by Gasteiger charge is 2.12. The maximum Gasteiger partial charge on any atom is 0.204 e. The van der Waals surface area contributed by atoms with Crippen LogP contribution >= 0.6 is 11.3 Å². The summed E-state index contributed by atoms with van der Waals surface area (Å²) in [6, 6.07) is 8.20. The summed E-state index contributed by atoms with van der Waals surface area (Å²) in [5.41, 5.74) is 1.14. The van der Waals surface area contributed by atoms with Gasteiger partial charge in [-0.15, -0.1) is 0 Å². The molecule has 0 aliphatic carbocycles. The van der Waals surface area contributed by atoms with Crippen LogP contribution in [0.15, 0.2) is 40.6 Å². The van der Waals surface area contributed by atoms with Gasteiger partial charge in [0.25, 0.3) is 0 Å². The van der Waals surface area contributed by atoms with Gasteiger partial charge >= 0.3 is 0 Å². The third-order valence-corrected chi connectivity index (χ3v) is 3.35. The Hall–Kier alpha value is -2.58. The van der Waals surface area contributed by atoms with Crippen LogP contribution in [0.4, 0.5) is 0 Å². The lowest BCUT2D eigenvalue weighted by molar-refractivity contribution is 0.104. The zero-order valence-corrected chi connectivity index (χ0v) is 11.5. The van der Waals surface area contributed by atoms with Crippen molar-refractivity contribution in [2.45, 2.75) is 0 Å². The molecule has 0 saturated heterocycles. The zero-order chi connectivity index (χ0) is 14.5. The fraction of sp³-hybridized carbons (Fsp3) is 0.0667. The maximum absolute atomic E-state index is 12.1. The number of aromatic hydroxyl groups is 1. The summed E-state index contributed by atoms with van der Waals surface area (Å²) in [7, 11) is 1.43. The second-order valence-corrected chi connectivity index (χ2v) is 4.72. The summed E-state index contributed by atoms with van der Waals surface area (Å²) < 4.78 is 4.99. The first-order valence-electron chi connectivity index (χ1n) is 5.71. The number of nitrogens with zero attached hydrogens (tertiary/aromatic N) is 1. The summed E-state index contributed by atoms with van der Waals surface area (Å²) in [4.78, 5) is 12.1. The van der Waals surface area contributed by atoms with Crippen molar-refractivity contribution in [3.8, 4) is 17.6 Å². The quantitative estimate of drug-likeness (QED) is 0.532. The van der Waals surface area contributed by atoms with Crippen LogP contribution in [0.2, 0.25) is 0 Å². The largest absolute Gasteiger partial charge is 0.504 e.